The molecular formula is C19H31FN3O3S+. The summed E-state index contributed by atoms with van der Waals surface area (Å²) in [4.78, 5) is 16.0. The number of carbonyl (C=O) groups is 1. The molecule has 8 heteroatoms. The van der Waals surface area contributed by atoms with E-state index in [1.807, 2.05) is 39.5 Å². The average molecular weight is 401 g/mol. The highest BCUT2D eigenvalue weighted by molar-refractivity contribution is 7.89. The summed E-state index contributed by atoms with van der Waals surface area (Å²) in [6.07, 6.45) is 0. The molecule has 1 amide bonds. The SMILES string of the molecule is CC(C)N(C(=O)[C@@H](C)[NH+]1CCN(S(=O)(=O)c2ccc(F)cc2)CC1)C(C)C. The summed E-state index contributed by atoms with van der Waals surface area (Å²) in [6.45, 7) is 11.8. The standard InChI is InChI=1S/C19H30FN3O3S/c1-14(2)23(15(3)4)19(24)16(5)21-10-12-22(13-11-21)27(25,26)18-8-6-17(20)7-9-18/h6-9,14-16H,10-13H2,1-5H3/p+1/t16-/m1/s1. The first kappa shape index (κ1) is 21.8. The Morgan fingerprint density at radius 1 is 1.04 bits per heavy atom. The first-order valence-electron chi connectivity index (χ1n) is 9.48. The van der Waals surface area contributed by atoms with Gasteiger partial charge in [-0.25, -0.2) is 12.8 Å². The molecule has 0 aliphatic carbocycles. The van der Waals surface area contributed by atoms with Crippen molar-refractivity contribution in [2.24, 2.45) is 0 Å². The minimum atomic E-state index is -3.63. The number of nitrogens with zero attached hydrogens (tertiary/aromatic N) is 2. The third-order valence-corrected chi connectivity index (χ3v) is 7.08. The number of rotatable bonds is 6. The lowest BCUT2D eigenvalue weighted by Crippen LogP contribution is -3.19. The van der Waals surface area contributed by atoms with Crippen molar-refractivity contribution in [3.8, 4) is 0 Å². The van der Waals surface area contributed by atoms with Crippen LogP contribution in [-0.2, 0) is 14.8 Å². The van der Waals surface area contributed by atoms with Gasteiger partial charge in [0.15, 0.2) is 6.04 Å². The molecule has 152 valence electrons. The van der Waals surface area contributed by atoms with Gasteiger partial charge in [0, 0.05) is 12.1 Å². The molecule has 0 radical (unpaired) electrons. The topological polar surface area (TPSA) is 62.1 Å². The van der Waals surface area contributed by atoms with Gasteiger partial charge in [0.25, 0.3) is 5.91 Å². The number of quaternary nitrogens is 1. The molecule has 0 aromatic heterocycles. The highest BCUT2D eigenvalue weighted by Gasteiger charge is 2.37. The second-order valence-electron chi connectivity index (χ2n) is 7.67. The number of nitrogens with one attached hydrogen (secondary N) is 1. The summed E-state index contributed by atoms with van der Waals surface area (Å²) in [5.74, 6) is -0.361. The Labute approximate surface area is 162 Å². The van der Waals surface area contributed by atoms with E-state index < -0.39 is 15.8 Å². The molecule has 0 unspecified atom stereocenters. The lowest BCUT2D eigenvalue weighted by Gasteiger charge is -2.38. The van der Waals surface area contributed by atoms with Gasteiger partial charge in [0.2, 0.25) is 10.0 Å². The van der Waals surface area contributed by atoms with Gasteiger partial charge in [-0.1, -0.05) is 0 Å². The van der Waals surface area contributed by atoms with Crippen molar-refractivity contribution in [2.45, 2.75) is 57.6 Å². The zero-order chi connectivity index (χ0) is 20.4. The monoisotopic (exact) mass is 400 g/mol. The van der Waals surface area contributed by atoms with E-state index >= 15 is 0 Å². The van der Waals surface area contributed by atoms with Crippen LogP contribution in [0.4, 0.5) is 4.39 Å². The third kappa shape index (κ3) is 4.86. The molecule has 1 atom stereocenters. The molecule has 1 heterocycles. The van der Waals surface area contributed by atoms with Crippen molar-refractivity contribution in [3.05, 3.63) is 30.1 Å². The summed E-state index contributed by atoms with van der Waals surface area (Å²) < 4.78 is 39.9. The Balaban J connectivity index is 2.04. The van der Waals surface area contributed by atoms with Gasteiger partial charge in [-0.2, -0.15) is 4.31 Å². The highest BCUT2D eigenvalue weighted by Crippen LogP contribution is 2.16. The lowest BCUT2D eigenvalue weighted by molar-refractivity contribution is -0.918. The smallest absolute Gasteiger partial charge is 0.281 e. The Bertz CT molecular complexity index is 734. The van der Waals surface area contributed by atoms with Crippen molar-refractivity contribution in [1.29, 1.82) is 0 Å². The first-order valence-corrected chi connectivity index (χ1v) is 10.9. The van der Waals surface area contributed by atoms with Crippen molar-refractivity contribution >= 4 is 15.9 Å². The molecule has 1 aliphatic heterocycles. The van der Waals surface area contributed by atoms with Crippen LogP contribution >= 0.6 is 0 Å². The van der Waals surface area contributed by atoms with Gasteiger partial charge < -0.3 is 9.80 Å². The molecule has 1 saturated heterocycles. The molecule has 0 bridgehead atoms. The predicted octanol–water partition coefficient (Wildman–Crippen LogP) is 0.749. The fraction of sp³-hybridized carbons (Fsp3) is 0.632. The van der Waals surface area contributed by atoms with E-state index in [0.29, 0.717) is 26.2 Å². The molecule has 1 fully saturated rings. The van der Waals surface area contributed by atoms with Crippen LogP contribution in [0, 0.1) is 5.82 Å². The van der Waals surface area contributed by atoms with Gasteiger partial charge in [-0.05, 0) is 58.9 Å². The van der Waals surface area contributed by atoms with Crippen LogP contribution in [0.15, 0.2) is 29.2 Å². The van der Waals surface area contributed by atoms with E-state index in [2.05, 4.69) is 0 Å². The Morgan fingerprint density at radius 2 is 1.52 bits per heavy atom. The quantitative estimate of drug-likeness (QED) is 0.767. The Kier molecular flexibility index (Phi) is 6.99. The fourth-order valence-corrected chi connectivity index (χ4v) is 5.15. The molecule has 0 spiro atoms. The maximum Gasteiger partial charge on any atom is 0.281 e. The highest BCUT2D eigenvalue weighted by atomic mass is 32.2. The number of amides is 1. The number of halogens is 1. The van der Waals surface area contributed by atoms with E-state index in [1.54, 1.807) is 0 Å². The molecular weight excluding hydrogens is 369 g/mol. The number of piperazine rings is 1. The largest absolute Gasteiger partial charge is 0.333 e. The van der Waals surface area contributed by atoms with E-state index in [1.165, 1.54) is 16.4 Å². The van der Waals surface area contributed by atoms with E-state index in [-0.39, 0.29) is 28.9 Å². The third-order valence-electron chi connectivity index (χ3n) is 5.17. The summed E-state index contributed by atoms with van der Waals surface area (Å²) >= 11 is 0. The maximum absolute atomic E-state index is 13.1. The van der Waals surface area contributed by atoms with Crippen molar-refractivity contribution < 1.29 is 22.5 Å². The normalized spacial score (nSPS) is 18.1. The Morgan fingerprint density at radius 3 is 1.96 bits per heavy atom. The van der Waals surface area contributed by atoms with Crippen LogP contribution in [-0.4, -0.2) is 67.8 Å². The van der Waals surface area contributed by atoms with Gasteiger partial charge >= 0.3 is 0 Å². The number of carbonyl (C=O) groups excluding carboxylic acids is 1. The molecule has 2 rings (SSSR count). The second kappa shape index (κ2) is 8.67. The second-order valence-corrected chi connectivity index (χ2v) is 9.61. The minimum Gasteiger partial charge on any atom is -0.333 e. The lowest BCUT2D eigenvalue weighted by atomic mass is 10.1. The summed E-state index contributed by atoms with van der Waals surface area (Å²) in [6, 6.07) is 4.92. The molecule has 0 saturated carbocycles. The number of hydrogen-bond donors (Lipinski definition) is 1. The van der Waals surface area contributed by atoms with Crippen LogP contribution in [0.2, 0.25) is 0 Å². The average Bonchev–Trinajstić information content (AvgIpc) is 2.61. The fourth-order valence-electron chi connectivity index (χ4n) is 3.71. The zero-order valence-corrected chi connectivity index (χ0v) is 17.6. The van der Waals surface area contributed by atoms with Gasteiger partial charge in [-0.15, -0.1) is 0 Å². The first-order chi connectivity index (χ1) is 12.6. The van der Waals surface area contributed by atoms with E-state index in [9.17, 15) is 17.6 Å². The van der Waals surface area contributed by atoms with Gasteiger partial charge in [0.05, 0.1) is 31.1 Å². The molecule has 6 nitrogen and oxygen atoms in total. The van der Waals surface area contributed by atoms with Crippen LogP contribution in [0.5, 0.6) is 0 Å². The summed E-state index contributed by atoms with van der Waals surface area (Å²) in [7, 11) is -3.63. The predicted molar refractivity (Wildman–Crippen MR) is 102 cm³/mol. The number of benzene rings is 1. The van der Waals surface area contributed by atoms with Crippen molar-refractivity contribution in [2.75, 3.05) is 26.2 Å². The van der Waals surface area contributed by atoms with Crippen LogP contribution in [0.25, 0.3) is 0 Å². The molecule has 1 N–H and O–H groups in total. The number of hydrogen-bond acceptors (Lipinski definition) is 3. The van der Waals surface area contributed by atoms with Crippen LogP contribution in [0.1, 0.15) is 34.6 Å². The summed E-state index contributed by atoms with van der Waals surface area (Å²) in [5.41, 5.74) is 0. The van der Waals surface area contributed by atoms with Crippen LogP contribution < -0.4 is 4.90 Å². The molecule has 27 heavy (non-hydrogen) atoms. The van der Waals surface area contributed by atoms with Gasteiger partial charge in [-0.3, -0.25) is 4.79 Å². The maximum atomic E-state index is 13.1. The van der Waals surface area contributed by atoms with Gasteiger partial charge in [0.1, 0.15) is 5.82 Å². The zero-order valence-electron chi connectivity index (χ0n) is 16.8. The summed E-state index contributed by atoms with van der Waals surface area (Å²) in [5, 5.41) is 0. The molecule has 1 aliphatic rings. The minimum absolute atomic E-state index is 0.0993. The van der Waals surface area contributed by atoms with Crippen LogP contribution in [0.3, 0.4) is 0 Å². The van der Waals surface area contributed by atoms with Crippen molar-refractivity contribution in [3.63, 3.8) is 0 Å². The Hall–Kier alpha value is -1.51. The van der Waals surface area contributed by atoms with E-state index in [4.69, 9.17) is 0 Å². The van der Waals surface area contributed by atoms with E-state index in [0.717, 1.165) is 17.0 Å². The van der Waals surface area contributed by atoms with Crippen molar-refractivity contribution in [1.82, 2.24) is 9.21 Å². The molecule has 1 aromatic carbocycles. The molecule has 1 aromatic rings. The number of sulfonamides is 1.